The number of rotatable bonds is 2. The average molecular weight is 249 g/mol. The van der Waals surface area contributed by atoms with Crippen molar-refractivity contribution in [3.63, 3.8) is 0 Å². The van der Waals surface area contributed by atoms with Gasteiger partial charge in [0.05, 0.1) is 5.56 Å². The molecule has 0 saturated heterocycles. The van der Waals surface area contributed by atoms with E-state index in [1.165, 1.54) is 0 Å². The minimum Gasteiger partial charge on any atom is -0.558 e. The zero-order chi connectivity index (χ0) is 11.6. The maximum Gasteiger partial charge on any atom is 1.00 e. The second-order valence-corrected chi connectivity index (χ2v) is 4.01. The van der Waals surface area contributed by atoms with Gasteiger partial charge in [-0.2, -0.15) is 0 Å². The van der Waals surface area contributed by atoms with Gasteiger partial charge in [-0.1, -0.05) is 17.7 Å². The Hall–Kier alpha value is -0.250. The molecule has 6 heteroatoms. The molecule has 0 saturated carbocycles. The summed E-state index contributed by atoms with van der Waals surface area (Å²) in [6.45, 7) is 5.39. The van der Waals surface area contributed by atoms with Gasteiger partial charge in [-0.3, -0.25) is 0 Å². The topological polar surface area (TPSA) is 66.4 Å². The Bertz CT molecular complexity index is 408. The van der Waals surface area contributed by atoms with E-state index in [1.54, 1.807) is 13.8 Å². The standard InChI is InChI=1S/C10H11O4P.Na/c1-6-4-7(2)9(8(3)5-6)10(11)14-15(12)13;/h4-5H,1-3H3;/q;+1. The van der Waals surface area contributed by atoms with E-state index in [1.807, 2.05) is 19.1 Å². The van der Waals surface area contributed by atoms with Crippen molar-refractivity contribution in [1.29, 1.82) is 0 Å². The van der Waals surface area contributed by atoms with E-state index in [9.17, 15) is 14.3 Å². The Morgan fingerprint density at radius 1 is 1.25 bits per heavy atom. The molecule has 16 heavy (non-hydrogen) atoms. The second kappa shape index (κ2) is 6.48. The van der Waals surface area contributed by atoms with Gasteiger partial charge in [-0.25, -0.2) is 9.32 Å². The predicted octanol–water partition coefficient (Wildman–Crippen LogP) is -1.21. The summed E-state index contributed by atoms with van der Waals surface area (Å²) in [5.41, 5.74) is 2.77. The van der Waals surface area contributed by atoms with Crippen LogP contribution in [0, 0.1) is 20.8 Å². The first kappa shape index (κ1) is 15.8. The van der Waals surface area contributed by atoms with Crippen LogP contribution in [-0.4, -0.2) is 5.97 Å². The molecule has 1 aromatic carbocycles. The van der Waals surface area contributed by atoms with Gasteiger partial charge in [-0.15, -0.1) is 0 Å². The summed E-state index contributed by atoms with van der Waals surface area (Å²) in [4.78, 5) is 21.7. The maximum absolute atomic E-state index is 11.4. The Balaban J connectivity index is 0.00000225. The molecule has 1 unspecified atom stereocenters. The smallest absolute Gasteiger partial charge is 0.558 e. The van der Waals surface area contributed by atoms with Crippen molar-refractivity contribution in [3.8, 4) is 0 Å². The van der Waals surface area contributed by atoms with Crippen molar-refractivity contribution in [2.24, 2.45) is 0 Å². The summed E-state index contributed by atoms with van der Waals surface area (Å²) in [5, 5.41) is 0. The van der Waals surface area contributed by atoms with Crippen LogP contribution in [0.5, 0.6) is 0 Å². The van der Waals surface area contributed by atoms with Crippen LogP contribution < -0.4 is 34.5 Å². The number of aryl methyl sites for hydroxylation is 3. The fourth-order valence-electron chi connectivity index (χ4n) is 1.62. The minimum absolute atomic E-state index is 0. The first-order valence-electron chi connectivity index (χ1n) is 4.36. The maximum atomic E-state index is 11.4. The van der Waals surface area contributed by atoms with Crippen molar-refractivity contribution < 1.29 is 48.3 Å². The molecule has 0 aromatic heterocycles. The van der Waals surface area contributed by atoms with Crippen LogP contribution in [0.15, 0.2) is 12.1 Å². The number of carbonyl (C=O) groups excluding carboxylic acids is 1. The van der Waals surface area contributed by atoms with Crippen LogP contribution >= 0.6 is 8.25 Å². The molecule has 0 fully saturated rings. The van der Waals surface area contributed by atoms with E-state index < -0.39 is 14.2 Å². The Labute approximate surface area is 117 Å². The first-order valence-corrected chi connectivity index (χ1v) is 5.46. The molecule has 1 rings (SSSR count). The minimum atomic E-state index is -3.15. The molecular formula is C10H11NaO4P+. The third kappa shape index (κ3) is 3.96. The van der Waals surface area contributed by atoms with Gasteiger partial charge in [0.1, 0.15) is 0 Å². The zero-order valence-corrected chi connectivity index (χ0v) is 12.6. The second-order valence-electron chi connectivity index (χ2n) is 3.38. The van der Waals surface area contributed by atoms with E-state index in [0.29, 0.717) is 16.7 Å². The third-order valence-electron chi connectivity index (χ3n) is 2.04. The number of carbonyl (C=O) groups is 1. The fraction of sp³-hybridized carbons (Fsp3) is 0.300. The van der Waals surface area contributed by atoms with Gasteiger partial charge in [0.15, 0.2) is 0 Å². The van der Waals surface area contributed by atoms with Gasteiger partial charge in [0.25, 0.3) is 0 Å². The van der Waals surface area contributed by atoms with Gasteiger partial charge in [-0.05, 0) is 36.5 Å². The van der Waals surface area contributed by atoms with Crippen molar-refractivity contribution in [2.75, 3.05) is 0 Å². The Morgan fingerprint density at radius 3 is 2.06 bits per heavy atom. The SMILES string of the molecule is Cc1cc(C)c(C(=O)O[P+](=O)[O-])c(C)c1.[Na+]. The fourth-order valence-corrected chi connectivity index (χ4v) is 1.84. The van der Waals surface area contributed by atoms with Crippen molar-refractivity contribution in [2.45, 2.75) is 20.8 Å². The first-order chi connectivity index (χ1) is 6.91. The van der Waals surface area contributed by atoms with E-state index in [0.717, 1.165) is 5.56 Å². The molecule has 0 bridgehead atoms. The quantitative estimate of drug-likeness (QED) is 0.487. The van der Waals surface area contributed by atoms with Gasteiger partial charge in [0, 0.05) is 0 Å². The van der Waals surface area contributed by atoms with Crippen molar-refractivity contribution >= 4 is 14.2 Å². The molecule has 80 valence electrons. The average Bonchev–Trinajstić information content (AvgIpc) is 1.99. The van der Waals surface area contributed by atoms with Crippen LogP contribution in [0.3, 0.4) is 0 Å². The number of hydrogen-bond donors (Lipinski definition) is 0. The summed E-state index contributed by atoms with van der Waals surface area (Å²) in [7, 11) is -3.15. The molecule has 0 aliphatic rings. The van der Waals surface area contributed by atoms with E-state index >= 15 is 0 Å². The van der Waals surface area contributed by atoms with Crippen LogP contribution in [0.4, 0.5) is 0 Å². The van der Waals surface area contributed by atoms with Crippen molar-refractivity contribution in [1.82, 2.24) is 0 Å². The summed E-state index contributed by atoms with van der Waals surface area (Å²) in [6, 6.07) is 3.61. The molecular weight excluding hydrogens is 238 g/mol. The Morgan fingerprint density at radius 2 is 1.69 bits per heavy atom. The van der Waals surface area contributed by atoms with E-state index in [2.05, 4.69) is 4.52 Å². The summed E-state index contributed by atoms with van der Waals surface area (Å²) in [6.07, 6.45) is 0. The normalized spacial score (nSPS) is 10.4. The largest absolute Gasteiger partial charge is 1.00 e. The van der Waals surface area contributed by atoms with Gasteiger partial charge in [0.2, 0.25) is 0 Å². The monoisotopic (exact) mass is 249 g/mol. The van der Waals surface area contributed by atoms with Crippen LogP contribution in [0.25, 0.3) is 0 Å². The Kier molecular flexibility index (Phi) is 6.38. The number of hydrogen-bond acceptors (Lipinski definition) is 4. The number of benzene rings is 1. The molecule has 4 nitrogen and oxygen atoms in total. The summed E-state index contributed by atoms with van der Waals surface area (Å²) >= 11 is 0. The van der Waals surface area contributed by atoms with Gasteiger partial charge < -0.3 is 4.89 Å². The van der Waals surface area contributed by atoms with E-state index in [-0.39, 0.29) is 29.6 Å². The van der Waals surface area contributed by atoms with E-state index in [4.69, 9.17) is 0 Å². The van der Waals surface area contributed by atoms with Crippen LogP contribution in [0.2, 0.25) is 0 Å². The predicted molar refractivity (Wildman–Crippen MR) is 53.7 cm³/mol. The summed E-state index contributed by atoms with van der Waals surface area (Å²) < 4.78 is 14.4. The van der Waals surface area contributed by atoms with Crippen molar-refractivity contribution in [3.05, 3.63) is 34.4 Å². The van der Waals surface area contributed by atoms with Crippen LogP contribution in [-0.2, 0) is 9.09 Å². The molecule has 1 atom stereocenters. The zero-order valence-electron chi connectivity index (χ0n) is 9.73. The molecule has 0 N–H and O–H groups in total. The molecule has 0 aliphatic carbocycles. The third-order valence-corrected chi connectivity index (χ3v) is 2.35. The molecule has 1 aromatic rings. The molecule has 0 radical (unpaired) electrons. The summed E-state index contributed by atoms with van der Waals surface area (Å²) in [5.74, 6) is -0.818. The molecule has 0 aliphatic heterocycles. The molecule has 0 heterocycles. The van der Waals surface area contributed by atoms with Gasteiger partial charge >= 0.3 is 43.8 Å². The van der Waals surface area contributed by atoms with Crippen LogP contribution in [0.1, 0.15) is 27.0 Å². The molecule has 0 amide bonds. The molecule has 0 spiro atoms.